The van der Waals surface area contributed by atoms with Crippen molar-refractivity contribution in [2.45, 2.75) is 31.7 Å². The number of nitrogens with one attached hydrogen (secondary N) is 2. The van der Waals surface area contributed by atoms with Crippen LogP contribution in [0.15, 0.2) is 29.1 Å². The van der Waals surface area contributed by atoms with E-state index in [1.165, 1.54) is 11.3 Å². The van der Waals surface area contributed by atoms with Crippen LogP contribution in [0.1, 0.15) is 25.7 Å². The Balaban J connectivity index is 1.57. The van der Waals surface area contributed by atoms with Crippen molar-refractivity contribution in [3.8, 4) is 10.6 Å². The van der Waals surface area contributed by atoms with Crippen LogP contribution in [0.4, 0.5) is 11.8 Å². The number of aliphatic hydroxyl groups excluding tert-OH is 1. The molecule has 2 aliphatic rings. The van der Waals surface area contributed by atoms with Crippen LogP contribution in [0.25, 0.3) is 20.8 Å². The van der Waals surface area contributed by atoms with Crippen molar-refractivity contribution in [1.82, 2.24) is 15.0 Å². The highest BCUT2D eigenvalue weighted by Crippen LogP contribution is 2.34. The summed E-state index contributed by atoms with van der Waals surface area (Å²) in [4.78, 5) is 27.5. The number of hydrogen-bond acceptors (Lipinski definition) is 7. The summed E-state index contributed by atoms with van der Waals surface area (Å²) in [5, 5.41) is 13.6. The van der Waals surface area contributed by atoms with Gasteiger partial charge in [-0.15, -0.1) is 11.3 Å². The number of hydrogen-bond donors (Lipinski definition) is 3. The number of aromatic nitrogens is 3. The molecule has 1 aromatic carbocycles. The van der Waals surface area contributed by atoms with Crippen molar-refractivity contribution in [2.24, 2.45) is 5.92 Å². The quantitative estimate of drug-likeness (QED) is 0.613. The van der Waals surface area contributed by atoms with Gasteiger partial charge in [-0.05, 0) is 43.7 Å². The second kappa shape index (κ2) is 7.18. The predicted molar refractivity (Wildman–Crippen MR) is 112 cm³/mol. The molecule has 5 rings (SSSR count). The molecular weight excluding hydrogens is 374 g/mol. The van der Waals surface area contributed by atoms with E-state index in [1.54, 1.807) is 0 Å². The smallest absolute Gasteiger partial charge is 0.264 e. The minimum Gasteiger partial charge on any atom is -0.396 e. The highest BCUT2D eigenvalue weighted by molar-refractivity contribution is 7.21. The van der Waals surface area contributed by atoms with Crippen LogP contribution in [0.2, 0.25) is 0 Å². The zero-order chi connectivity index (χ0) is 19.1. The fraction of sp³-hybridized carbons (Fsp3) is 0.450. The summed E-state index contributed by atoms with van der Waals surface area (Å²) in [6.45, 7) is 2.04. The molecule has 0 spiro atoms. The molecule has 1 aliphatic carbocycles. The average molecular weight is 398 g/mol. The van der Waals surface area contributed by atoms with Gasteiger partial charge in [0.05, 0.1) is 10.2 Å². The Kier molecular flexibility index (Phi) is 4.52. The molecule has 2 atom stereocenters. The first-order valence-corrected chi connectivity index (χ1v) is 10.7. The third-order valence-electron chi connectivity index (χ3n) is 5.71. The fourth-order valence-corrected chi connectivity index (χ4v) is 4.99. The van der Waals surface area contributed by atoms with Gasteiger partial charge in [0, 0.05) is 25.7 Å². The van der Waals surface area contributed by atoms with E-state index in [0.29, 0.717) is 28.3 Å². The number of para-hydroxylation sites is 1. The Bertz CT molecular complexity index is 1030. The lowest BCUT2D eigenvalue weighted by atomic mass is 10.1. The van der Waals surface area contributed by atoms with Gasteiger partial charge < -0.3 is 15.3 Å². The second-order valence-electron chi connectivity index (χ2n) is 7.64. The molecule has 0 radical (unpaired) electrons. The molecule has 1 aliphatic heterocycles. The van der Waals surface area contributed by atoms with Gasteiger partial charge >= 0.3 is 0 Å². The summed E-state index contributed by atoms with van der Waals surface area (Å²) in [5.41, 5.74) is 1.24. The monoisotopic (exact) mass is 397 g/mol. The first-order valence-electron chi connectivity index (χ1n) is 9.84. The van der Waals surface area contributed by atoms with Gasteiger partial charge in [-0.1, -0.05) is 12.1 Å². The summed E-state index contributed by atoms with van der Waals surface area (Å²) < 4.78 is 1.05. The number of aliphatic hydroxyl groups is 1. The zero-order valence-electron chi connectivity index (χ0n) is 15.5. The van der Waals surface area contributed by atoms with Crippen LogP contribution in [-0.4, -0.2) is 45.8 Å². The summed E-state index contributed by atoms with van der Waals surface area (Å²) in [6, 6.07) is 8.12. The maximum atomic E-state index is 13.0. The lowest BCUT2D eigenvalue weighted by molar-refractivity contribution is 0.229. The van der Waals surface area contributed by atoms with E-state index >= 15 is 0 Å². The van der Waals surface area contributed by atoms with E-state index in [9.17, 15) is 9.90 Å². The molecule has 146 valence electrons. The third-order valence-corrected chi connectivity index (χ3v) is 6.76. The van der Waals surface area contributed by atoms with Gasteiger partial charge in [0.1, 0.15) is 16.4 Å². The van der Waals surface area contributed by atoms with Gasteiger partial charge in [-0.3, -0.25) is 9.78 Å². The zero-order valence-corrected chi connectivity index (χ0v) is 16.3. The van der Waals surface area contributed by atoms with Crippen LogP contribution >= 0.6 is 11.3 Å². The minimum absolute atomic E-state index is 0.157. The maximum Gasteiger partial charge on any atom is 0.264 e. The van der Waals surface area contributed by atoms with E-state index in [-0.39, 0.29) is 18.2 Å². The van der Waals surface area contributed by atoms with Crippen LogP contribution in [0.5, 0.6) is 0 Å². The predicted octanol–water partition coefficient (Wildman–Crippen LogP) is 2.83. The van der Waals surface area contributed by atoms with E-state index in [2.05, 4.69) is 20.2 Å². The Morgan fingerprint density at radius 1 is 1.25 bits per heavy atom. The molecule has 3 heterocycles. The van der Waals surface area contributed by atoms with Gasteiger partial charge in [-0.25, -0.2) is 4.98 Å². The first-order chi connectivity index (χ1) is 13.7. The molecule has 3 aromatic rings. The van der Waals surface area contributed by atoms with E-state index < -0.39 is 0 Å². The summed E-state index contributed by atoms with van der Waals surface area (Å²) in [7, 11) is 0. The van der Waals surface area contributed by atoms with Gasteiger partial charge in [0.2, 0.25) is 5.95 Å². The maximum absolute atomic E-state index is 13.0. The second-order valence-corrected chi connectivity index (χ2v) is 8.67. The van der Waals surface area contributed by atoms with Gasteiger partial charge in [0.25, 0.3) is 5.56 Å². The van der Waals surface area contributed by atoms with Gasteiger partial charge in [0.15, 0.2) is 0 Å². The van der Waals surface area contributed by atoms with Crippen molar-refractivity contribution in [3.05, 3.63) is 34.6 Å². The van der Waals surface area contributed by atoms with Crippen molar-refractivity contribution in [1.29, 1.82) is 0 Å². The molecule has 3 N–H and O–H groups in total. The molecule has 1 saturated carbocycles. The lowest BCUT2D eigenvalue weighted by Gasteiger charge is -2.31. The van der Waals surface area contributed by atoms with Crippen molar-refractivity contribution >= 4 is 33.3 Å². The highest BCUT2D eigenvalue weighted by Gasteiger charge is 2.28. The summed E-state index contributed by atoms with van der Waals surface area (Å²) in [5.74, 6) is 1.55. The van der Waals surface area contributed by atoms with E-state index in [4.69, 9.17) is 4.98 Å². The van der Waals surface area contributed by atoms with Crippen LogP contribution < -0.4 is 15.8 Å². The number of aromatic amines is 1. The number of H-pyrrole nitrogens is 1. The van der Waals surface area contributed by atoms with E-state index in [1.807, 2.05) is 24.3 Å². The van der Waals surface area contributed by atoms with Crippen LogP contribution in [0.3, 0.4) is 0 Å². The normalized spacial score (nSPS) is 21.8. The molecule has 2 aromatic heterocycles. The van der Waals surface area contributed by atoms with Crippen molar-refractivity contribution in [3.63, 3.8) is 0 Å². The minimum atomic E-state index is -0.157. The average Bonchev–Trinajstić information content (AvgIpc) is 3.26. The number of anilines is 2. The summed E-state index contributed by atoms with van der Waals surface area (Å²) >= 11 is 1.51. The van der Waals surface area contributed by atoms with Crippen LogP contribution in [-0.2, 0) is 0 Å². The number of nitrogens with zero attached hydrogens (tertiary/aromatic N) is 3. The fourth-order valence-electron chi connectivity index (χ4n) is 3.99. The lowest BCUT2D eigenvalue weighted by Crippen LogP contribution is -2.39. The number of rotatable bonds is 5. The standard InChI is InChI=1S/C20H23N5O2S/c26-11-12-6-7-13(10-12)21-17-16(18(27)24-20(23-17)25-8-3-9-25)19-22-14-4-1-2-5-15(14)28-19/h1-2,4-5,12-13,26H,3,6-11H2,(H2,21,23,24,27)/t12-,13?/m1/s1. The topological polar surface area (TPSA) is 94.1 Å². The molecule has 2 fully saturated rings. The van der Waals surface area contributed by atoms with Crippen molar-refractivity contribution < 1.29 is 5.11 Å². The van der Waals surface area contributed by atoms with E-state index in [0.717, 1.165) is 49.0 Å². The molecule has 1 unspecified atom stereocenters. The molecule has 1 saturated heterocycles. The van der Waals surface area contributed by atoms with Crippen LogP contribution in [0, 0.1) is 5.92 Å². The third kappa shape index (κ3) is 3.16. The Morgan fingerprint density at radius 3 is 2.82 bits per heavy atom. The molecular formula is C20H23N5O2S. The summed E-state index contributed by atoms with van der Waals surface area (Å²) in [6.07, 6.45) is 3.97. The number of fused-ring (bicyclic) bond motifs is 1. The Morgan fingerprint density at radius 2 is 2.11 bits per heavy atom. The van der Waals surface area contributed by atoms with Gasteiger partial charge in [-0.2, -0.15) is 4.98 Å². The Labute approximate surface area is 166 Å². The number of benzene rings is 1. The SMILES string of the molecule is O=c1[nH]c(N2CCC2)nc(NC2CC[C@@H](CO)C2)c1-c1nc2ccccc2s1. The molecule has 0 amide bonds. The Hall–Kier alpha value is -2.45. The molecule has 8 heteroatoms. The highest BCUT2D eigenvalue weighted by atomic mass is 32.1. The van der Waals surface area contributed by atoms with Crippen molar-refractivity contribution in [2.75, 3.05) is 29.9 Å². The molecule has 28 heavy (non-hydrogen) atoms. The first kappa shape index (κ1) is 17.6. The largest absolute Gasteiger partial charge is 0.396 e. The molecule has 7 nitrogen and oxygen atoms in total. The molecule has 0 bridgehead atoms. The number of thiazole rings is 1.